The maximum atomic E-state index is 13.5. The van der Waals surface area contributed by atoms with E-state index in [-0.39, 0.29) is 11.8 Å². The first-order chi connectivity index (χ1) is 14.2. The molecule has 3 aliphatic heterocycles. The Kier molecular flexibility index (Phi) is 4.27. The third-order valence-corrected chi connectivity index (χ3v) is 8.39. The summed E-state index contributed by atoms with van der Waals surface area (Å²) in [6, 6.07) is 15.2. The van der Waals surface area contributed by atoms with E-state index >= 15 is 0 Å². The van der Waals surface area contributed by atoms with E-state index in [4.69, 9.17) is 0 Å². The van der Waals surface area contributed by atoms with Gasteiger partial charge in [-0.3, -0.25) is 9.59 Å². The highest BCUT2D eigenvalue weighted by Crippen LogP contribution is 2.58. The maximum Gasteiger partial charge on any atom is 0.247 e. The van der Waals surface area contributed by atoms with Crippen LogP contribution >= 0.6 is 15.9 Å². The summed E-state index contributed by atoms with van der Waals surface area (Å²) in [7, 11) is -3.70. The lowest BCUT2D eigenvalue weighted by molar-refractivity contribution is -0.148. The van der Waals surface area contributed by atoms with E-state index in [0.717, 1.165) is 17.4 Å². The molecule has 3 heterocycles. The average molecular weight is 490 g/mol. The molecule has 3 unspecified atom stereocenters. The first-order valence-corrected chi connectivity index (χ1v) is 12.3. The van der Waals surface area contributed by atoms with Crippen molar-refractivity contribution in [3.63, 3.8) is 0 Å². The molecule has 0 bridgehead atoms. The fraction of sp³-hybridized carbons (Fsp3) is 0.333. The number of fused-ring (bicyclic) bond motifs is 5. The molecular weight excluding hydrogens is 470 g/mol. The van der Waals surface area contributed by atoms with Crippen LogP contribution in [-0.4, -0.2) is 49.6 Å². The van der Waals surface area contributed by atoms with Crippen molar-refractivity contribution < 1.29 is 18.0 Å². The third kappa shape index (κ3) is 2.71. The number of anilines is 1. The van der Waals surface area contributed by atoms with Gasteiger partial charge in [0, 0.05) is 12.8 Å². The number of alkyl halides is 1. The first-order valence-electron chi connectivity index (χ1n) is 9.66. The Morgan fingerprint density at radius 2 is 1.77 bits per heavy atom. The van der Waals surface area contributed by atoms with Gasteiger partial charge in [0.25, 0.3) is 0 Å². The summed E-state index contributed by atoms with van der Waals surface area (Å²) in [6.07, 6.45) is 0.955. The molecule has 0 spiro atoms. The monoisotopic (exact) mass is 489 g/mol. The van der Waals surface area contributed by atoms with Gasteiger partial charge >= 0.3 is 0 Å². The Morgan fingerprint density at radius 3 is 2.47 bits per heavy atom. The van der Waals surface area contributed by atoms with Crippen molar-refractivity contribution in [2.75, 3.05) is 10.6 Å². The minimum atomic E-state index is -3.70. The normalized spacial score (nSPS) is 30.0. The third-order valence-electron chi connectivity index (χ3n) is 6.12. The van der Waals surface area contributed by atoms with Crippen LogP contribution in [0.15, 0.2) is 54.6 Å². The predicted octanol–water partition coefficient (Wildman–Crippen LogP) is 1.72. The van der Waals surface area contributed by atoms with E-state index in [1.807, 2.05) is 42.5 Å². The molecule has 9 heteroatoms. The Hall–Kier alpha value is -2.39. The molecule has 0 radical (unpaired) electrons. The van der Waals surface area contributed by atoms with Crippen molar-refractivity contribution in [2.45, 2.75) is 35.4 Å². The van der Waals surface area contributed by atoms with Gasteiger partial charge in [-0.1, -0.05) is 64.5 Å². The van der Waals surface area contributed by atoms with Crippen LogP contribution in [0.3, 0.4) is 0 Å². The molecule has 2 aromatic rings. The minimum absolute atomic E-state index is 0.255. The summed E-state index contributed by atoms with van der Waals surface area (Å²) in [5.74, 6) is -0.522. The second-order valence-corrected chi connectivity index (χ2v) is 11.3. The maximum absolute atomic E-state index is 13.5. The molecule has 7 nitrogen and oxygen atoms in total. The molecule has 156 valence electrons. The van der Waals surface area contributed by atoms with Gasteiger partial charge in [-0.25, -0.2) is 12.7 Å². The highest BCUT2D eigenvalue weighted by molar-refractivity contribution is 9.09. The van der Waals surface area contributed by atoms with E-state index in [0.29, 0.717) is 18.5 Å². The predicted molar refractivity (Wildman–Crippen MR) is 115 cm³/mol. The summed E-state index contributed by atoms with van der Waals surface area (Å²) in [5, 5.41) is 2.85. The molecule has 0 aromatic heterocycles. The number of nitrogens with zero attached hydrogens (tertiary/aromatic N) is 2. The summed E-state index contributed by atoms with van der Waals surface area (Å²) in [4.78, 5) is 28.0. The Balaban J connectivity index is 1.59. The number of hydrogen-bond acceptors (Lipinski definition) is 4. The second kappa shape index (κ2) is 6.55. The van der Waals surface area contributed by atoms with Gasteiger partial charge in [0.1, 0.15) is 18.2 Å². The number of sulfonamides is 1. The fourth-order valence-electron chi connectivity index (χ4n) is 4.92. The average Bonchev–Trinajstić information content (AvgIpc) is 3.14. The zero-order valence-electron chi connectivity index (χ0n) is 16.2. The quantitative estimate of drug-likeness (QED) is 0.665. The van der Waals surface area contributed by atoms with Crippen LogP contribution < -0.4 is 9.62 Å². The lowest BCUT2D eigenvalue weighted by Gasteiger charge is -2.41. The van der Waals surface area contributed by atoms with E-state index in [1.54, 1.807) is 12.1 Å². The summed E-state index contributed by atoms with van der Waals surface area (Å²) >= 11 is 3.76. The molecule has 4 atom stereocenters. The number of amides is 2. The minimum Gasteiger partial charge on any atom is -0.342 e. The number of rotatable bonds is 3. The van der Waals surface area contributed by atoms with Crippen LogP contribution in [0.25, 0.3) is 0 Å². The Labute approximate surface area is 183 Å². The summed E-state index contributed by atoms with van der Waals surface area (Å²) < 4.78 is 26.0. The van der Waals surface area contributed by atoms with Crippen molar-refractivity contribution in [1.29, 1.82) is 0 Å². The molecule has 1 N–H and O–H groups in total. The van der Waals surface area contributed by atoms with Crippen LogP contribution in [0.1, 0.15) is 17.5 Å². The molecule has 30 heavy (non-hydrogen) atoms. The molecule has 3 aliphatic rings. The van der Waals surface area contributed by atoms with Gasteiger partial charge in [-0.2, -0.15) is 0 Å². The van der Waals surface area contributed by atoms with E-state index < -0.39 is 32.6 Å². The van der Waals surface area contributed by atoms with Crippen LogP contribution in [-0.2, 0) is 30.4 Å². The fourth-order valence-corrected chi connectivity index (χ4v) is 7.29. The van der Waals surface area contributed by atoms with Crippen molar-refractivity contribution in [2.24, 2.45) is 0 Å². The van der Waals surface area contributed by atoms with Crippen LogP contribution in [0.2, 0.25) is 0 Å². The van der Waals surface area contributed by atoms with Gasteiger partial charge in [0.05, 0.1) is 16.3 Å². The molecule has 2 saturated heterocycles. The van der Waals surface area contributed by atoms with Gasteiger partial charge in [-0.15, -0.1) is 0 Å². The zero-order valence-corrected chi connectivity index (χ0v) is 18.6. The number of carbonyl (C=O) groups is 2. The lowest BCUT2D eigenvalue weighted by atomic mass is 9.95. The Morgan fingerprint density at radius 1 is 1.10 bits per heavy atom. The van der Waals surface area contributed by atoms with E-state index in [2.05, 4.69) is 21.2 Å². The van der Waals surface area contributed by atoms with Crippen molar-refractivity contribution >= 4 is 43.5 Å². The SMILES string of the molecule is CS(=O)(=O)N1c2ccccc2[C@@]2(Br)CC3C(=O)NC(Cc4ccccc4)C(=O)N3C12. The van der Waals surface area contributed by atoms with Gasteiger partial charge < -0.3 is 10.2 Å². The van der Waals surface area contributed by atoms with E-state index in [9.17, 15) is 18.0 Å². The summed E-state index contributed by atoms with van der Waals surface area (Å²) in [5.41, 5.74) is 2.24. The lowest BCUT2D eigenvalue weighted by Crippen LogP contribution is -2.66. The van der Waals surface area contributed by atoms with Crippen LogP contribution in [0, 0.1) is 0 Å². The van der Waals surface area contributed by atoms with E-state index in [1.165, 1.54) is 9.21 Å². The van der Waals surface area contributed by atoms with Crippen molar-refractivity contribution in [3.05, 3.63) is 65.7 Å². The number of benzene rings is 2. The molecular formula is C21H20BrN3O4S. The Bertz CT molecular complexity index is 1160. The molecule has 2 fully saturated rings. The zero-order chi connectivity index (χ0) is 21.3. The standard InChI is InChI=1S/C21H20BrN3O4S/c1-30(28,29)25-16-10-6-5-9-14(16)21(22)12-17-18(26)23-15(19(27)24(17)20(21)25)11-13-7-3-2-4-8-13/h2-10,15,17,20H,11-12H2,1H3,(H,23,26)/t15?,17?,20?,21-/m0/s1. The molecule has 2 amide bonds. The molecule has 2 aromatic carbocycles. The number of nitrogens with one attached hydrogen (secondary N) is 1. The number of hydrogen-bond donors (Lipinski definition) is 1. The largest absolute Gasteiger partial charge is 0.342 e. The van der Waals surface area contributed by atoms with Gasteiger partial charge in [0.15, 0.2) is 0 Å². The summed E-state index contributed by atoms with van der Waals surface area (Å²) in [6.45, 7) is 0. The van der Waals surface area contributed by atoms with Gasteiger partial charge in [-0.05, 0) is 17.2 Å². The second-order valence-electron chi connectivity index (χ2n) is 8.03. The first kappa shape index (κ1) is 19.6. The highest BCUT2D eigenvalue weighted by Gasteiger charge is 2.66. The van der Waals surface area contributed by atoms with Crippen molar-refractivity contribution in [3.8, 4) is 0 Å². The smallest absolute Gasteiger partial charge is 0.247 e. The molecule has 5 rings (SSSR count). The highest BCUT2D eigenvalue weighted by atomic mass is 79.9. The number of piperazine rings is 1. The topological polar surface area (TPSA) is 86.8 Å². The number of carbonyl (C=O) groups excluding carboxylic acids is 2. The molecule has 0 saturated carbocycles. The number of halogens is 1. The number of para-hydroxylation sites is 1. The molecule has 0 aliphatic carbocycles. The van der Waals surface area contributed by atoms with Crippen LogP contribution in [0.5, 0.6) is 0 Å². The van der Waals surface area contributed by atoms with Crippen LogP contribution in [0.4, 0.5) is 5.69 Å². The van der Waals surface area contributed by atoms with Crippen molar-refractivity contribution in [1.82, 2.24) is 10.2 Å². The van der Waals surface area contributed by atoms with Gasteiger partial charge in [0.2, 0.25) is 21.8 Å².